The largest absolute Gasteiger partial charge is 0.455 e. The van der Waals surface area contributed by atoms with Gasteiger partial charge in [-0.2, -0.15) is 0 Å². The molecule has 0 amide bonds. The van der Waals surface area contributed by atoms with Crippen molar-refractivity contribution in [2.75, 3.05) is 4.90 Å². The maximum atomic E-state index is 7.38. The smallest absolute Gasteiger partial charge is 0.140 e. The number of ether oxygens (including phenoxy) is 1. The van der Waals surface area contributed by atoms with Crippen molar-refractivity contribution in [2.45, 2.75) is 30.1 Å². The van der Waals surface area contributed by atoms with Crippen LogP contribution in [-0.4, -0.2) is 0 Å². The van der Waals surface area contributed by atoms with E-state index in [4.69, 9.17) is 4.74 Å². The highest BCUT2D eigenvalue weighted by Crippen LogP contribution is 2.68. The predicted molar refractivity (Wildman–Crippen MR) is 307 cm³/mol. The number of nitrogens with zero attached hydrogens (tertiary/aromatic N) is 1. The van der Waals surface area contributed by atoms with E-state index >= 15 is 0 Å². The van der Waals surface area contributed by atoms with Crippen molar-refractivity contribution in [1.82, 2.24) is 0 Å². The highest BCUT2D eigenvalue weighted by Gasteiger charge is 2.54. The van der Waals surface area contributed by atoms with Gasteiger partial charge in [0.2, 0.25) is 0 Å². The molecule has 0 aromatic heterocycles. The van der Waals surface area contributed by atoms with Gasteiger partial charge in [-0.3, -0.25) is 0 Å². The van der Waals surface area contributed by atoms with Crippen LogP contribution in [-0.2, 0) is 16.2 Å². The van der Waals surface area contributed by atoms with Crippen LogP contribution in [0.4, 0.5) is 17.1 Å². The van der Waals surface area contributed by atoms with E-state index in [0.717, 1.165) is 55.5 Å². The molecule has 2 nitrogen and oxygen atoms in total. The van der Waals surface area contributed by atoms with E-state index in [1.165, 1.54) is 94.7 Å². The maximum absolute atomic E-state index is 7.38. The van der Waals surface area contributed by atoms with E-state index in [1.54, 1.807) is 0 Å². The van der Waals surface area contributed by atoms with Gasteiger partial charge in [-0.05, 0) is 113 Å². The summed E-state index contributed by atoms with van der Waals surface area (Å²) in [5, 5.41) is 4.54. The summed E-state index contributed by atoms with van der Waals surface area (Å²) in [6.07, 6.45) is 0. The number of hydrogen-bond donors (Lipinski definition) is 0. The lowest BCUT2D eigenvalue weighted by Crippen LogP contribution is -2.32. The first-order chi connectivity index (χ1) is 37.0. The monoisotopic (exact) mass is 953 g/mol. The number of hydrogen-bond acceptors (Lipinski definition) is 2. The minimum Gasteiger partial charge on any atom is -0.455 e. The van der Waals surface area contributed by atoms with Crippen LogP contribution in [0.3, 0.4) is 0 Å². The molecular formula is C73H47NO. The Morgan fingerprint density at radius 1 is 0.293 bits per heavy atom. The third kappa shape index (κ3) is 4.96. The fraction of sp³-hybridized carbons (Fsp3) is 0.0685. The molecule has 0 bridgehead atoms. The first-order valence-electron chi connectivity index (χ1n) is 26.4. The standard InChI is InChI=1S/C73H47NO/c1-71(2)55-28-12-10-26-52(55)67-61(71)33-17-35-65(67)74(46-39-42-60-54(43-46)51-25-9-15-31-58(51)72(60)56-29-13-7-23-49(56)50-24-8-14-30-57(50)72)66-36-18-34-62-68(66)53-27-11-16-32-59(53)73(62)63-40-37-44-19-3-5-21-47(44)69(63)75-70-48-22-6-4-20-45(48)38-41-64(70)73/h3-43H,1-2H3. The molecule has 350 valence electrons. The van der Waals surface area contributed by atoms with Gasteiger partial charge in [-0.25, -0.2) is 0 Å². The Kier molecular flexibility index (Phi) is 7.97. The van der Waals surface area contributed by atoms with Gasteiger partial charge in [0, 0.05) is 44.1 Å². The summed E-state index contributed by atoms with van der Waals surface area (Å²) in [7, 11) is 0. The zero-order chi connectivity index (χ0) is 49.4. The van der Waals surface area contributed by atoms with Crippen molar-refractivity contribution in [3.63, 3.8) is 0 Å². The van der Waals surface area contributed by atoms with Crippen LogP contribution in [0.15, 0.2) is 249 Å². The average Bonchev–Trinajstić information content (AvgIpc) is 4.12. The van der Waals surface area contributed by atoms with Gasteiger partial charge < -0.3 is 9.64 Å². The first-order valence-corrected chi connectivity index (χ1v) is 26.4. The van der Waals surface area contributed by atoms with E-state index in [2.05, 4.69) is 267 Å². The van der Waals surface area contributed by atoms with Crippen molar-refractivity contribution in [1.29, 1.82) is 0 Å². The van der Waals surface area contributed by atoms with Crippen molar-refractivity contribution in [3.8, 4) is 56.0 Å². The Morgan fingerprint density at radius 3 is 1.25 bits per heavy atom. The lowest BCUT2D eigenvalue weighted by Gasteiger charge is -2.40. The van der Waals surface area contributed by atoms with Gasteiger partial charge in [0.1, 0.15) is 11.5 Å². The second-order valence-corrected chi connectivity index (χ2v) is 21.7. The van der Waals surface area contributed by atoms with E-state index in [1.807, 2.05) is 0 Å². The van der Waals surface area contributed by atoms with Crippen molar-refractivity contribution >= 4 is 38.6 Å². The Bertz CT molecular complexity index is 4380. The molecule has 0 N–H and O–H groups in total. The van der Waals surface area contributed by atoms with Gasteiger partial charge in [0.05, 0.1) is 22.2 Å². The minimum absolute atomic E-state index is 0.198. The Hall–Kier alpha value is -9.24. The Morgan fingerprint density at radius 2 is 0.680 bits per heavy atom. The molecule has 0 fully saturated rings. The fourth-order valence-electron chi connectivity index (χ4n) is 15.2. The highest BCUT2D eigenvalue weighted by atomic mass is 16.5. The predicted octanol–water partition coefficient (Wildman–Crippen LogP) is 18.6. The molecule has 0 saturated carbocycles. The van der Waals surface area contributed by atoms with Crippen LogP contribution in [0.1, 0.15) is 69.5 Å². The van der Waals surface area contributed by atoms with E-state index < -0.39 is 10.8 Å². The van der Waals surface area contributed by atoms with Gasteiger partial charge in [-0.1, -0.05) is 238 Å². The summed E-state index contributed by atoms with van der Waals surface area (Å²) in [6.45, 7) is 4.78. The van der Waals surface area contributed by atoms with Gasteiger partial charge in [0.15, 0.2) is 0 Å². The summed E-state index contributed by atoms with van der Waals surface area (Å²) in [6, 6.07) is 93.9. The molecule has 1 aliphatic heterocycles. The second-order valence-electron chi connectivity index (χ2n) is 21.7. The van der Waals surface area contributed by atoms with Crippen molar-refractivity contribution in [2.24, 2.45) is 0 Å². The molecule has 0 atom stereocenters. The molecule has 75 heavy (non-hydrogen) atoms. The van der Waals surface area contributed by atoms with Crippen LogP contribution >= 0.6 is 0 Å². The molecule has 4 aliphatic carbocycles. The average molecular weight is 954 g/mol. The highest BCUT2D eigenvalue weighted by molar-refractivity contribution is 6.06. The molecule has 1 heterocycles. The third-order valence-corrected chi connectivity index (χ3v) is 18.1. The third-order valence-electron chi connectivity index (χ3n) is 18.1. The number of benzene rings is 12. The number of anilines is 3. The molecule has 12 aromatic rings. The quantitative estimate of drug-likeness (QED) is 0.175. The SMILES string of the molecule is CC1(C)c2ccccc2-c2c(N(c3ccc4c(c3)-c3ccccc3C43c4ccccc4-c4ccccc43)c3cccc4c3-c3ccccc3C43c4ccc5ccccc5c4Oc4c3ccc3ccccc43)cccc21. The molecule has 0 unspecified atom stereocenters. The van der Waals surface area contributed by atoms with Crippen molar-refractivity contribution in [3.05, 3.63) is 304 Å². The number of rotatable bonds is 3. The zero-order valence-electron chi connectivity index (χ0n) is 41.5. The molecule has 0 saturated heterocycles. The van der Waals surface area contributed by atoms with Crippen molar-refractivity contribution < 1.29 is 4.74 Å². The van der Waals surface area contributed by atoms with Crippen LogP contribution in [0.25, 0.3) is 66.1 Å². The van der Waals surface area contributed by atoms with Crippen LogP contribution in [0, 0.1) is 0 Å². The molecule has 2 heteroatoms. The topological polar surface area (TPSA) is 12.5 Å². The van der Waals surface area contributed by atoms with Crippen LogP contribution in [0.2, 0.25) is 0 Å². The van der Waals surface area contributed by atoms with Crippen LogP contribution < -0.4 is 9.64 Å². The zero-order valence-corrected chi connectivity index (χ0v) is 41.5. The van der Waals surface area contributed by atoms with E-state index in [9.17, 15) is 0 Å². The maximum Gasteiger partial charge on any atom is 0.140 e. The molecule has 2 spiro atoms. The van der Waals surface area contributed by atoms with E-state index in [-0.39, 0.29) is 5.41 Å². The van der Waals surface area contributed by atoms with Gasteiger partial charge in [0.25, 0.3) is 0 Å². The molecule has 0 radical (unpaired) electrons. The molecular weight excluding hydrogens is 907 g/mol. The van der Waals surface area contributed by atoms with Crippen LogP contribution in [0.5, 0.6) is 11.5 Å². The lowest BCUT2D eigenvalue weighted by molar-refractivity contribution is 0.447. The molecule has 5 aliphatic rings. The van der Waals surface area contributed by atoms with Gasteiger partial charge >= 0.3 is 0 Å². The number of fused-ring (bicyclic) bond motifs is 26. The Labute approximate surface area is 436 Å². The summed E-state index contributed by atoms with van der Waals surface area (Å²) in [5.74, 6) is 1.84. The minimum atomic E-state index is -0.704. The van der Waals surface area contributed by atoms with E-state index in [0.29, 0.717) is 0 Å². The summed E-state index contributed by atoms with van der Waals surface area (Å²) >= 11 is 0. The molecule has 17 rings (SSSR count). The molecule has 12 aromatic carbocycles. The second kappa shape index (κ2) is 14.5. The normalized spacial score (nSPS) is 15.2. The van der Waals surface area contributed by atoms with Gasteiger partial charge in [-0.15, -0.1) is 0 Å². The lowest BCUT2D eigenvalue weighted by atomic mass is 9.65. The summed E-state index contributed by atoms with van der Waals surface area (Å²) < 4.78 is 7.38. The fourth-order valence-corrected chi connectivity index (χ4v) is 15.2. The Balaban J connectivity index is 0.989. The summed E-state index contributed by atoms with van der Waals surface area (Å²) in [4.78, 5) is 2.62. The summed E-state index contributed by atoms with van der Waals surface area (Å²) in [5.41, 5.74) is 25.2. The first kappa shape index (κ1) is 41.3.